The molecule has 2 aromatic carbocycles. The maximum Gasteiger partial charge on any atom is 0.253 e. The Balaban J connectivity index is 1.11. The minimum Gasteiger partial charge on any atom is -0.376 e. The second kappa shape index (κ2) is 11.6. The van der Waals surface area contributed by atoms with E-state index < -0.39 is 0 Å². The lowest BCUT2D eigenvalue weighted by Crippen LogP contribution is -2.38. The van der Waals surface area contributed by atoms with Crippen LogP contribution in [0.3, 0.4) is 0 Å². The second-order valence-electron chi connectivity index (χ2n) is 9.45. The molecule has 2 saturated heterocycles. The molecule has 1 unspecified atom stereocenters. The molecule has 0 bridgehead atoms. The van der Waals surface area contributed by atoms with Gasteiger partial charge in [0.15, 0.2) is 0 Å². The number of ether oxygens (including phenoxy) is 1. The van der Waals surface area contributed by atoms with Crippen molar-refractivity contribution in [3.05, 3.63) is 65.8 Å². The van der Waals surface area contributed by atoms with Gasteiger partial charge in [0.25, 0.3) is 5.91 Å². The number of rotatable bonds is 8. The highest BCUT2D eigenvalue weighted by Crippen LogP contribution is 2.23. The highest BCUT2D eigenvalue weighted by molar-refractivity contribution is 6.04. The third-order valence-corrected chi connectivity index (χ3v) is 6.83. The molecular formula is C27H30FN5O4. The van der Waals surface area contributed by atoms with Crippen LogP contribution in [0.1, 0.15) is 41.9 Å². The molecule has 3 aromatic rings. The van der Waals surface area contributed by atoms with Crippen LogP contribution in [0.2, 0.25) is 0 Å². The van der Waals surface area contributed by atoms with Gasteiger partial charge in [0.1, 0.15) is 5.82 Å². The number of carbonyl (C=O) groups is 2. The van der Waals surface area contributed by atoms with Gasteiger partial charge in [0.2, 0.25) is 17.6 Å². The number of nitrogens with zero attached hydrogens (tertiary/aromatic N) is 3. The minimum atomic E-state index is -0.319. The largest absolute Gasteiger partial charge is 0.376 e. The highest BCUT2D eigenvalue weighted by Gasteiger charge is 2.27. The summed E-state index contributed by atoms with van der Waals surface area (Å²) in [4.78, 5) is 32.3. The molecule has 37 heavy (non-hydrogen) atoms. The fourth-order valence-electron chi connectivity index (χ4n) is 4.71. The van der Waals surface area contributed by atoms with E-state index in [4.69, 9.17) is 9.26 Å². The third kappa shape index (κ3) is 6.39. The quantitative estimate of drug-likeness (QED) is 0.479. The van der Waals surface area contributed by atoms with Gasteiger partial charge in [0.05, 0.1) is 23.9 Å². The first kappa shape index (κ1) is 25.0. The fourth-order valence-corrected chi connectivity index (χ4v) is 4.71. The van der Waals surface area contributed by atoms with E-state index in [1.807, 2.05) is 0 Å². The van der Waals surface area contributed by atoms with Crippen LogP contribution in [0.25, 0.3) is 11.4 Å². The van der Waals surface area contributed by atoms with E-state index in [0.29, 0.717) is 67.6 Å². The van der Waals surface area contributed by atoms with Gasteiger partial charge in [-0.25, -0.2) is 4.39 Å². The van der Waals surface area contributed by atoms with Crippen molar-refractivity contribution in [2.24, 2.45) is 5.92 Å². The third-order valence-electron chi connectivity index (χ3n) is 6.83. The van der Waals surface area contributed by atoms with Crippen LogP contribution < -0.4 is 10.6 Å². The van der Waals surface area contributed by atoms with Crippen molar-refractivity contribution in [2.45, 2.75) is 38.3 Å². The lowest BCUT2D eigenvalue weighted by Gasteiger charge is -2.30. The average Bonchev–Trinajstić information content (AvgIpc) is 3.61. The van der Waals surface area contributed by atoms with Crippen LogP contribution >= 0.6 is 0 Å². The molecular weight excluding hydrogens is 477 g/mol. The van der Waals surface area contributed by atoms with Crippen LogP contribution in [0, 0.1) is 11.7 Å². The standard InChI is InChI=1S/C27H30FN5O4/c28-20-9-7-18(8-10-20)25-31-24(37-32-25)17-33-13-11-19(12-14-33)26(34)30-23-6-2-1-5-22(23)27(35)29-16-21-4-3-15-36-21/h1-2,5-10,19,21H,3-4,11-17H2,(H,29,35)(H,30,34). The predicted molar refractivity (Wildman–Crippen MR) is 134 cm³/mol. The van der Waals surface area contributed by atoms with Gasteiger partial charge >= 0.3 is 0 Å². The number of carbonyl (C=O) groups excluding carboxylic acids is 2. The monoisotopic (exact) mass is 507 g/mol. The van der Waals surface area contributed by atoms with Crippen LogP contribution in [-0.2, 0) is 16.1 Å². The summed E-state index contributed by atoms with van der Waals surface area (Å²) in [5.41, 5.74) is 1.64. The summed E-state index contributed by atoms with van der Waals surface area (Å²) in [6, 6.07) is 13.0. The molecule has 194 valence electrons. The number of amides is 2. The zero-order chi connectivity index (χ0) is 25.6. The van der Waals surface area contributed by atoms with Crippen LogP contribution in [0.5, 0.6) is 0 Å². The normalized spacial score (nSPS) is 18.6. The Morgan fingerprint density at radius 1 is 1.05 bits per heavy atom. The molecule has 2 aliphatic rings. The van der Waals surface area contributed by atoms with Gasteiger partial charge in [-0.2, -0.15) is 4.98 Å². The summed E-state index contributed by atoms with van der Waals surface area (Å²) in [6.45, 7) is 3.09. The summed E-state index contributed by atoms with van der Waals surface area (Å²) < 4.78 is 24.1. The first-order valence-corrected chi connectivity index (χ1v) is 12.7. The highest BCUT2D eigenvalue weighted by atomic mass is 19.1. The van der Waals surface area contributed by atoms with Gasteiger partial charge in [-0.1, -0.05) is 17.3 Å². The molecule has 0 saturated carbocycles. The topological polar surface area (TPSA) is 110 Å². The minimum absolute atomic E-state index is 0.0533. The Labute approximate surface area is 214 Å². The van der Waals surface area contributed by atoms with Crippen LogP contribution in [0.15, 0.2) is 53.1 Å². The van der Waals surface area contributed by atoms with E-state index in [0.717, 1.165) is 19.4 Å². The SMILES string of the molecule is O=C(NCC1CCCO1)c1ccccc1NC(=O)C1CCN(Cc2nc(-c3ccc(F)cc3)no2)CC1. The van der Waals surface area contributed by atoms with Crippen molar-refractivity contribution in [1.82, 2.24) is 20.4 Å². The molecule has 0 spiro atoms. The lowest BCUT2D eigenvalue weighted by molar-refractivity contribution is -0.121. The number of benzene rings is 2. The Bertz CT molecular complexity index is 1220. The first-order chi connectivity index (χ1) is 18.0. The molecule has 0 aliphatic carbocycles. The van der Waals surface area contributed by atoms with Crippen LogP contribution in [-0.4, -0.2) is 59.2 Å². The molecule has 5 rings (SSSR count). The Morgan fingerprint density at radius 3 is 2.59 bits per heavy atom. The molecule has 1 aromatic heterocycles. The summed E-state index contributed by atoms with van der Waals surface area (Å²) in [5, 5.41) is 9.87. The van der Waals surface area contributed by atoms with E-state index in [2.05, 4.69) is 25.7 Å². The van der Waals surface area contributed by atoms with Gasteiger partial charge in [-0.15, -0.1) is 0 Å². The van der Waals surface area contributed by atoms with Crippen molar-refractivity contribution in [3.8, 4) is 11.4 Å². The number of nitrogens with one attached hydrogen (secondary N) is 2. The summed E-state index contributed by atoms with van der Waals surface area (Å²) in [6.07, 6.45) is 3.37. The molecule has 3 heterocycles. The van der Waals surface area contributed by atoms with Crippen molar-refractivity contribution < 1.29 is 23.2 Å². The number of anilines is 1. The number of hydrogen-bond acceptors (Lipinski definition) is 7. The van der Waals surface area contributed by atoms with Gasteiger partial charge in [-0.05, 0) is 75.2 Å². The molecule has 2 N–H and O–H groups in total. The molecule has 9 nitrogen and oxygen atoms in total. The molecule has 0 radical (unpaired) electrons. The van der Waals surface area contributed by atoms with Crippen molar-refractivity contribution >= 4 is 17.5 Å². The fraction of sp³-hybridized carbons (Fsp3) is 0.407. The first-order valence-electron chi connectivity index (χ1n) is 12.7. The number of para-hydroxylation sites is 1. The van der Waals surface area contributed by atoms with Gasteiger partial charge in [-0.3, -0.25) is 14.5 Å². The second-order valence-corrected chi connectivity index (χ2v) is 9.45. The zero-order valence-electron chi connectivity index (χ0n) is 20.5. The zero-order valence-corrected chi connectivity index (χ0v) is 20.5. The molecule has 2 amide bonds. The Morgan fingerprint density at radius 2 is 1.84 bits per heavy atom. The van der Waals surface area contributed by atoms with E-state index in [-0.39, 0.29) is 29.7 Å². The van der Waals surface area contributed by atoms with Crippen molar-refractivity contribution in [2.75, 3.05) is 31.6 Å². The average molecular weight is 508 g/mol. The van der Waals surface area contributed by atoms with Crippen LogP contribution in [0.4, 0.5) is 10.1 Å². The maximum atomic E-state index is 13.1. The maximum absolute atomic E-state index is 13.1. The number of piperidine rings is 1. The lowest BCUT2D eigenvalue weighted by atomic mass is 9.95. The number of likely N-dealkylation sites (tertiary alicyclic amines) is 1. The van der Waals surface area contributed by atoms with Crippen molar-refractivity contribution in [3.63, 3.8) is 0 Å². The number of halogens is 1. The summed E-state index contributed by atoms with van der Waals surface area (Å²) in [5.74, 6) is 0.112. The Kier molecular flexibility index (Phi) is 7.86. The Hall–Kier alpha value is -3.63. The predicted octanol–water partition coefficient (Wildman–Crippen LogP) is 3.64. The van der Waals surface area contributed by atoms with E-state index >= 15 is 0 Å². The van der Waals surface area contributed by atoms with Gasteiger partial charge < -0.3 is 19.9 Å². The van der Waals surface area contributed by atoms with Crippen molar-refractivity contribution in [1.29, 1.82) is 0 Å². The summed E-state index contributed by atoms with van der Waals surface area (Å²) >= 11 is 0. The number of aromatic nitrogens is 2. The smallest absolute Gasteiger partial charge is 0.253 e. The molecule has 2 aliphatic heterocycles. The summed E-state index contributed by atoms with van der Waals surface area (Å²) in [7, 11) is 0. The molecule has 2 fully saturated rings. The van der Waals surface area contributed by atoms with Gasteiger partial charge in [0, 0.05) is 24.6 Å². The molecule has 10 heteroatoms. The van der Waals surface area contributed by atoms with E-state index in [1.54, 1.807) is 36.4 Å². The van der Waals surface area contributed by atoms with E-state index in [9.17, 15) is 14.0 Å². The number of hydrogen-bond donors (Lipinski definition) is 2. The molecule has 1 atom stereocenters. The van der Waals surface area contributed by atoms with E-state index in [1.165, 1.54) is 12.1 Å².